The van der Waals surface area contributed by atoms with Crippen LogP contribution in [0.4, 0.5) is 0 Å². The predicted octanol–water partition coefficient (Wildman–Crippen LogP) is -1.19. The van der Waals surface area contributed by atoms with Gasteiger partial charge in [-0.2, -0.15) is 0 Å². The fourth-order valence-corrected chi connectivity index (χ4v) is 0. The van der Waals surface area contributed by atoms with Crippen LogP contribution < -0.4 is 0 Å². The van der Waals surface area contributed by atoms with E-state index < -0.39 is 0 Å². The molecule has 0 heterocycles. The van der Waals surface area contributed by atoms with Crippen molar-refractivity contribution in [1.82, 2.24) is 0 Å². The van der Waals surface area contributed by atoms with Crippen LogP contribution in [0.25, 0.3) is 0 Å². The monoisotopic (exact) mass is 201 g/mol. The van der Waals surface area contributed by atoms with E-state index in [1.807, 2.05) is 0 Å². The number of rotatable bonds is 0. The average molecular weight is 202 g/mol. The molecule has 0 saturated carbocycles. The van der Waals surface area contributed by atoms with Gasteiger partial charge >= 0.3 is 0 Å². The summed E-state index contributed by atoms with van der Waals surface area (Å²) >= 11 is 0. The SMILES string of the molecule is [AlH3].[Co].[Ti].[Zn]. The van der Waals surface area contributed by atoms with Gasteiger partial charge in [0.15, 0.2) is 17.4 Å². The van der Waals surface area contributed by atoms with Crippen LogP contribution in [0.2, 0.25) is 0 Å². The standard InChI is InChI=1S/Al.Co.Ti.Zn.3H. The Kier molecular flexibility index (Phi) is 149. The fourth-order valence-electron chi connectivity index (χ4n) is 0. The first-order chi connectivity index (χ1) is 0. The molecule has 0 saturated heterocycles. The van der Waals surface area contributed by atoms with E-state index >= 15 is 0 Å². The molecule has 0 aliphatic carbocycles. The van der Waals surface area contributed by atoms with Crippen LogP contribution in [-0.4, -0.2) is 17.4 Å². The Balaban J connectivity index is 0. The second-order valence-corrected chi connectivity index (χ2v) is 0. The van der Waals surface area contributed by atoms with Crippen molar-refractivity contribution in [2.24, 2.45) is 0 Å². The van der Waals surface area contributed by atoms with E-state index in [2.05, 4.69) is 0 Å². The van der Waals surface area contributed by atoms with E-state index in [1.54, 1.807) is 0 Å². The van der Waals surface area contributed by atoms with Crippen LogP contribution in [0.3, 0.4) is 0 Å². The van der Waals surface area contributed by atoms with Crippen molar-refractivity contribution in [3.05, 3.63) is 0 Å². The fraction of sp³-hybridized carbons (Fsp3) is 0. The quantitative estimate of drug-likeness (QED) is 0.433. The minimum atomic E-state index is 0. The van der Waals surface area contributed by atoms with E-state index in [0.717, 1.165) is 0 Å². The summed E-state index contributed by atoms with van der Waals surface area (Å²) in [5.41, 5.74) is 0. The van der Waals surface area contributed by atoms with Crippen LogP contribution in [0.5, 0.6) is 0 Å². The van der Waals surface area contributed by atoms with Gasteiger partial charge in [0, 0.05) is 58.0 Å². The third-order valence-electron chi connectivity index (χ3n) is 0. The summed E-state index contributed by atoms with van der Waals surface area (Å²) in [4.78, 5) is 0. The summed E-state index contributed by atoms with van der Waals surface area (Å²) in [5, 5.41) is 0. The van der Waals surface area contributed by atoms with E-state index in [1.165, 1.54) is 0 Å². The number of hydrogen-bond donors (Lipinski definition) is 0. The molecule has 0 aliphatic rings. The molecular weight excluding hydrogens is 199 g/mol. The van der Waals surface area contributed by atoms with Gasteiger partial charge in [-0.1, -0.05) is 0 Å². The molecule has 0 rings (SSSR count). The van der Waals surface area contributed by atoms with Crippen LogP contribution in [-0.2, 0) is 58.0 Å². The zero-order valence-electron chi connectivity index (χ0n) is 1.54. The molecule has 1 radical (unpaired) electrons. The number of hydrogen-bond acceptors (Lipinski definition) is 0. The molecule has 0 aromatic heterocycles. The van der Waals surface area contributed by atoms with Crippen molar-refractivity contribution in [1.29, 1.82) is 0 Å². The minimum Gasteiger partial charge on any atom is 0 e. The third kappa shape index (κ3) is 8.83. The molecule has 4 heavy (non-hydrogen) atoms. The Labute approximate surface area is 74.5 Å². The van der Waals surface area contributed by atoms with Crippen molar-refractivity contribution in [3.63, 3.8) is 0 Å². The zero-order chi connectivity index (χ0) is 0. The van der Waals surface area contributed by atoms with Crippen LogP contribution in [0.1, 0.15) is 0 Å². The first kappa shape index (κ1) is 32.6. The molecule has 0 nitrogen and oxygen atoms in total. The predicted molar refractivity (Wildman–Crippen MR) is 9.94 cm³/mol. The van der Waals surface area contributed by atoms with Crippen molar-refractivity contribution in [2.75, 3.05) is 0 Å². The van der Waals surface area contributed by atoms with Crippen molar-refractivity contribution in [2.45, 2.75) is 0 Å². The first-order valence-electron chi connectivity index (χ1n) is 0. The van der Waals surface area contributed by atoms with Crippen LogP contribution >= 0.6 is 0 Å². The minimum absolute atomic E-state index is 0. The van der Waals surface area contributed by atoms with E-state index in [9.17, 15) is 0 Å². The van der Waals surface area contributed by atoms with E-state index in [0.29, 0.717) is 0 Å². The molecule has 0 aromatic carbocycles. The maximum absolute atomic E-state index is 0. The first-order valence-corrected chi connectivity index (χ1v) is 0. The van der Waals surface area contributed by atoms with Crippen LogP contribution in [0, 0.1) is 0 Å². The summed E-state index contributed by atoms with van der Waals surface area (Å²) in [5.74, 6) is 0. The second-order valence-electron chi connectivity index (χ2n) is 0. The molecule has 0 spiro atoms. The average Bonchev–Trinajstić information content (AvgIpc) is 0. The molecule has 0 N–H and O–H groups in total. The van der Waals surface area contributed by atoms with Crippen molar-refractivity contribution in [3.8, 4) is 0 Å². The Hall–Kier alpha value is 2.38. The Morgan fingerprint density at radius 1 is 1.00 bits per heavy atom. The molecule has 0 aromatic rings. The largest absolute Gasteiger partial charge is 0.187 e. The summed E-state index contributed by atoms with van der Waals surface area (Å²) < 4.78 is 0. The van der Waals surface area contributed by atoms with E-state index in [-0.39, 0.29) is 75.3 Å². The normalized spacial score (nSPS) is 0. The summed E-state index contributed by atoms with van der Waals surface area (Å²) in [6, 6.07) is 0. The molecule has 0 bridgehead atoms. The maximum atomic E-state index is 0. The zero-order valence-corrected chi connectivity index (χ0v) is 7.11. The Morgan fingerprint density at radius 3 is 1.00 bits per heavy atom. The molecule has 0 fully saturated rings. The van der Waals surface area contributed by atoms with Gasteiger partial charge in [-0.25, -0.2) is 0 Å². The molecule has 0 atom stereocenters. The van der Waals surface area contributed by atoms with Crippen molar-refractivity contribution >= 4 is 17.4 Å². The van der Waals surface area contributed by atoms with Gasteiger partial charge in [-0.15, -0.1) is 0 Å². The molecule has 21 valence electrons. The second kappa shape index (κ2) is 18.2. The molecular formula is H3AlCoTiZn. The van der Waals surface area contributed by atoms with Gasteiger partial charge in [0.05, 0.1) is 0 Å². The van der Waals surface area contributed by atoms with Gasteiger partial charge in [0.25, 0.3) is 0 Å². The third-order valence-corrected chi connectivity index (χ3v) is 0. The topological polar surface area (TPSA) is 0 Å². The van der Waals surface area contributed by atoms with Gasteiger partial charge in [0.2, 0.25) is 0 Å². The Morgan fingerprint density at radius 2 is 1.00 bits per heavy atom. The molecule has 4 heteroatoms. The maximum Gasteiger partial charge on any atom is 0.187 e. The van der Waals surface area contributed by atoms with Gasteiger partial charge in [-0.3, -0.25) is 0 Å². The van der Waals surface area contributed by atoms with Gasteiger partial charge in [0.1, 0.15) is 0 Å². The smallest absolute Gasteiger partial charge is 0 e. The Bertz CT molecular complexity index is 8.00. The summed E-state index contributed by atoms with van der Waals surface area (Å²) in [7, 11) is 0. The molecule has 0 amide bonds. The summed E-state index contributed by atoms with van der Waals surface area (Å²) in [6.07, 6.45) is 0. The van der Waals surface area contributed by atoms with Gasteiger partial charge in [-0.05, 0) is 0 Å². The van der Waals surface area contributed by atoms with Crippen molar-refractivity contribution < 1.29 is 58.0 Å². The summed E-state index contributed by atoms with van der Waals surface area (Å²) in [6.45, 7) is 0. The van der Waals surface area contributed by atoms with Gasteiger partial charge < -0.3 is 0 Å². The molecule has 0 aliphatic heterocycles. The molecule has 0 unspecified atom stereocenters. The van der Waals surface area contributed by atoms with Crippen LogP contribution in [0.15, 0.2) is 0 Å². The van der Waals surface area contributed by atoms with E-state index in [4.69, 9.17) is 0 Å².